The second kappa shape index (κ2) is 6.53. The number of piperidine rings is 1. The molecule has 0 radical (unpaired) electrons. The number of ether oxygens (including phenoxy) is 1. The second-order valence-corrected chi connectivity index (χ2v) is 5.86. The van der Waals surface area contributed by atoms with Crippen molar-refractivity contribution in [3.63, 3.8) is 0 Å². The largest absolute Gasteiger partial charge is 0.370 e. The first-order valence-corrected chi connectivity index (χ1v) is 7.34. The van der Waals surface area contributed by atoms with Gasteiger partial charge in [-0.05, 0) is 32.1 Å². The van der Waals surface area contributed by atoms with E-state index < -0.39 is 0 Å². The Morgan fingerprint density at radius 3 is 2.33 bits per heavy atom. The van der Waals surface area contributed by atoms with Crippen LogP contribution in [0.15, 0.2) is 0 Å². The van der Waals surface area contributed by atoms with Crippen LogP contribution in [0.4, 0.5) is 0 Å². The Bertz CT molecular complexity index is 269. The van der Waals surface area contributed by atoms with Crippen molar-refractivity contribution in [1.29, 1.82) is 0 Å². The maximum Gasteiger partial charge on any atom is 0.248 e. The molecule has 1 heterocycles. The molecule has 2 aliphatic rings. The standard InChI is InChI=1S/C14H26N2O2/c15-14(7-3-1-4-8-14)12-18-11-13(17)16-9-5-2-6-10-16/h1-12,15H2. The van der Waals surface area contributed by atoms with E-state index in [9.17, 15) is 4.79 Å². The molecule has 1 aliphatic heterocycles. The fourth-order valence-electron chi connectivity index (χ4n) is 2.98. The lowest BCUT2D eigenvalue weighted by Gasteiger charge is -2.33. The number of amides is 1. The van der Waals surface area contributed by atoms with E-state index in [1.54, 1.807) is 0 Å². The Hall–Kier alpha value is -0.610. The lowest BCUT2D eigenvalue weighted by Crippen LogP contribution is -2.47. The first-order valence-electron chi connectivity index (χ1n) is 7.34. The van der Waals surface area contributed by atoms with Gasteiger partial charge in [0.05, 0.1) is 6.61 Å². The summed E-state index contributed by atoms with van der Waals surface area (Å²) in [6.45, 7) is 2.54. The van der Waals surface area contributed by atoms with Gasteiger partial charge in [-0.15, -0.1) is 0 Å². The predicted octanol–water partition coefficient (Wildman–Crippen LogP) is 1.68. The van der Waals surface area contributed by atoms with Gasteiger partial charge in [-0.1, -0.05) is 19.3 Å². The summed E-state index contributed by atoms with van der Waals surface area (Å²) in [7, 11) is 0. The molecule has 2 rings (SSSR count). The lowest BCUT2D eigenvalue weighted by molar-refractivity contribution is -0.137. The molecular weight excluding hydrogens is 228 g/mol. The Morgan fingerprint density at radius 1 is 1.06 bits per heavy atom. The van der Waals surface area contributed by atoms with Crippen LogP contribution < -0.4 is 5.73 Å². The van der Waals surface area contributed by atoms with E-state index in [1.807, 2.05) is 4.90 Å². The van der Waals surface area contributed by atoms with Gasteiger partial charge in [-0.2, -0.15) is 0 Å². The van der Waals surface area contributed by atoms with E-state index in [1.165, 1.54) is 25.7 Å². The summed E-state index contributed by atoms with van der Waals surface area (Å²) < 4.78 is 5.57. The van der Waals surface area contributed by atoms with Gasteiger partial charge in [0.15, 0.2) is 0 Å². The third-order valence-corrected chi connectivity index (χ3v) is 4.17. The number of carbonyl (C=O) groups is 1. The van der Waals surface area contributed by atoms with E-state index in [0.29, 0.717) is 6.61 Å². The molecule has 1 aliphatic carbocycles. The van der Waals surface area contributed by atoms with Crippen LogP contribution in [0, 0.1) is 0 Å². The van der Waals surface area contributed by atoms with Crippen molar-refractivity contribution in [1.82, 2.24) is 4.90 Å². The van der Waals surface area contributed by atoms with Crippen LogP contribution in [0.5, 0.6) is 0 Å². The number of carbonyl (C=O) groups excluding carboxylic acids is 1. The van der Waals surface area contributed by atoms with Crippen LogP contribution in [-0.4, -0.2) is 42.6 Å². The molecule has 1 saturated carbocycles. The van der Waals surface area contributed by atoms with E-state index in [4.69, 9.17) is 10.5 Å². The van der Waals surface area contributed by atoms with Gasteiger partial charge >= 0.3 is 0 Å². The lowest BCUT2D eigenvalue weighted by atomic mass is 9.83. The molecule has 18 heavy (non-hydrogen) atoms. The van der Waals surface area contributed by atoms with E-state index in [2.05, 4.69) is 0 Å². The highest BCUT2D eigenvalue weighted by Crippen LogP contribution is 2.26. The maximum absolute atomic E-state index is 11.9. The molecule has 0 spiro atoms. The average molecular weight is 254 g/mol. The monoisotopic (exact) mass is 254 g/mol. The summed E-state index contributed by atoms with van der Waals surface area (Å²) in [4.78, 5) is 13.8. The van der Waals surface area contributed by atoms with E-state index in [-0.39, 0.29) is 18.1 Å². The minimum atomic E-state index is -0.180. The summed E-state index contributed by atoms with van der Waals surface area (Å²) in [5.41, 5.74) is 6.09. The average Bonchev–Trinajstić information content (AvgIpc) is 2.40. The molecule has 2 fully saturated rings. The van der Waals surface area contributed by atoms with Crippen molar-refractivity contribution < 1.29 is 9.53 Å². The zero-order valence-electron chi connectivity index (χ0n) is 11.3. The highest BCUT2D eigenvalue weighted by molar-refractivity contribution is 5.77. The van der Waals surface area contributed by atoms with Crippen molar-refractivity contribution in [2.45, 2.75) is 56.9 Å². The van der Waals surface area contributed by atoms with Crippen LogP contribution in [-0.2, 0) is 9.53 Å². The number of hydrogen-bond donors (Lipinski definition) is 1. The molecular formula is C14H26N2O2. The Morgan fingerprint density at radius 2 is 1.67 bits per heavy atom. The van der Waals surface area contributed by atoms with Gasteiger partial charge in [0, 0.05) is 18.6 Å². The summed E-state index contributed by atoms with van der Waals surface area (Å²) in [5.74, 6) is 0.133. The predicted molar refractivity (Wildman–Crippen MR) is 71.3 cm³/mol. The van der Waals surface area contributed by atoms with Crippen LogP contribution >= 0.6 is 0 Å². The molecule has 4 nitrogen and oxygen atoms in total. The Labute approximate surface area is 110 Å². The summed E-state index contributed by atoms with van der Waals surface area (Å²) in [6.07, 6.45) is 9.25. The smallest absolute Gasteiger partial charge is 0.248 e. The second-order valence-electron chi connectivity index (χ2n) is 5.86. The van der Waals surface area contributed by atoms with E-state index in [0.717, 1.165) is 38.8 Å². The summed E-state index contributed by atoms with van der Waals surface area (Å²) in [6, 6.07) is 0. The first-order chi connectivity index (χ1) is 8.70. The zero-order chi connectivity index (χ0) is 12.8. The molecule has 0 aromatic carbocycles. The molecule has 0 aromatic heterocycles. The fraction of sp³-hybridized carbons (Fsp3) is 0.929. The minimum Gasteiger partial charge on any atom is -0.370 e. The van der Waals surface area contributed by atoms with Crippen LogP contribution in [0.25, 0.3) is 0 Å². The van der Waals surface area contributed by atoms with Gasteiger partial charge in [-0.25, -0.2) is 0 Å². The Balaban J connectivity index is 1.66. The molecule has 4 heteroatoms. The fourth-order valence-corrected chi connectivity index (χ4v) is 2.98. The third-order valence-electron chi connectivity index (χ3n) is 4.17. The number of nitrogens with two attached hydrogens (primary N) is 1. The van der Waals surface area contributed by atoms with Gasteiger partial charge in [0.25, 0.3) is 0 Å². The normalized spacial score (nSPS) is 23.9. The SMILES string of the molecule is NC1(COCC(=O)N2CCCCC2)CCCCC1. The van der Waals surface area contributed by atoms with Crippen molar-refractivity contribution >= 4 is 5.91 Å². The molecule has 1 saturated heterocycles. The highest BCUT2D eigenvalue weighted by atomic mass is 16.5. The van der Waals surface area contributed by atoms with Crippen molar-refractivity contribution in [3.05, 3.63) is 0 Å². The van der Waals surface area contributed by atoms with Gasteiger partial charge in [0.2, 0.25) is 5.91 Å². The van der Waals surface area contributed by atoms with Crippen LogP contribution in [0.3, 0.4) is 0 Å². The van der Waals surface area contributed by atoms with Gasteiger partial charge in [-0.3, -0.25) is 4.79 Å². The number of nitrogens with zero attached hydrogens (tertiary/aromatic N) is 1. The number of hydrogen-bond acceptors (Lipinski definition) is 3. The van der Waals surface area contributed by atoms with Crippen molar-refractivity contribution in [2.75, 3.05) is 26.3 Å². The number of likely N-dealkylation sites (tertiary alicyclic amines) is 1. The maximum atomic E-state index is 11.9. The van der Waals surface area contributed by atoms with E-state index >= 15 is 0 Å². The molecule has 0 atom stereocenters. The van der Waals surface area contributed by atoms with Gasteiger partial charge in [0.1, 0.15) is 6.61 Å². The van der Waals surface area contributed by atoms with Crippen LogP contribution in [0.2, 0.25) is 0 Å². The minimum absolute atomic E-state index is 0.133. The topological polar surface area (TPSA) is 55.6 Å². The molecule has 0 bridgehead atoms. The Kier molecular flexibility index (Phi) is 5.01. The van der Waals surface area contributed by atoms with Crippen molar-refractivity contribution in [2.24, 2.45) is 5.73 Å². The third kappa shape index (κ3) is 3.95. The number of rotatable bonds is 4. The molecule has 0 aromatic rings. The molecule has 104 valence electrons. The van der Waals surface area contributed by atoms with Crippen LogP contribution in [0.1, 0.15) is 51.4 Å². The quantitative estimate of drug-likeness (QED) is 0.830. The molecule has 0 unspecified atom stereocenters. The van der Waals surface area contributed by atoms with Crippen molar-refractivity contribution in [3.8, 4) is 0 Å². The highest BCUT2D eigenvalue weighted by Gasteiger charge is 2.28. The van der Waals surface area contributed by atoms with Gasteiger partial charge < -0.3 is 15.4 Å². The zero-order valence-corrected chi connectivity index (χ0v) is 11.3. The summed E-state index contributed by atoms with van der Waals surface area (Å²) >= 11 is 0. The molecule has 1 amide bonds. The first kappa shape index (κ1) is 13.8. The molecule has 2 N–H and O–H groups in total. The summed E-state index contributed by atoms with van der Waals surface area (Å²) in [5, 5.41) is 0.